The van der Waals surface area contributed by atoms with E-state index >= 15 is 0 Å². The van der Waals surface area contributed by atoms with Crippen LogP contribution < -0.4 is 9.80 Å². The van der Waals surface area contributed by atoms with Crippen LogP contribution in [0.4, 0.5) is 28.7 Å². The molecule has 0 spiro atoms. The van der Waals surface area contributed by atoms with Gasteiger partial charge in [-0.3, -0.25) is 4.90 Å². The lowest BCUT2D eigenvalue weighted by atomic mass is 9.72. The lowest BCUT2D eigenvalue weighted by Crippen LogP contribution is -2.35. The van der Waals surface area contributed by atoms with E-state index in [0.29, 0.717) is 11.8 Å². The Morgan fingerprint density at radius 1 is 0.565 bits per heavy atom. The Balaban J connectivity index is 1.14. The Hall–Kier alpha value is -6.60. The van der Waals surface area contributed by atoms with Crippen molar-refractivity contribution in [2.24, 2.45) is 5.92 Å². The number of fused-ring (bicyclic) bond motifs is 6. The summed E-state index contributed by atoms with van der Waals surface area (Å²) in [5.41, 5.74) is 11.7. The zero-order valence-electron chi connectivity index (χ0n) is 35.1. The highest BCUT2D eigenvalue weighted by atomic mass is 32.1. The molecule has 0 bridgehead atoms. The van der Waals surface area contributed by atoms with E-state index in [1.165, 1.54) is 90.2 Å². The maximum atomic E-state index is 5.11. The molecule has 0 fully saturated rings. The van der Waals surface area contributed by atoms with Gasteiger partial charge in [0, 0.05) is 48.7 Å². The molecule has 2 aliphatic carbocycles. The average Bonchev–Trinajstić information content (AvgIpc) is 3.89. The molecule has 6 aromatic carbocycles. The number of rotatable bonds is 8. The number of pyridine rings is 2. The van der Waals surface area contributed by atoms with Gasteiger partial charge in [-0.1, -0.05) is 125 Å². The molecule has 300 valence electrons. The fourth-order valence-electron chi connectivity index (χ4n) is 10.3. The Kier molecular flexibility index (Phi) is 8.70. The molecular formula is C56H44N4S2. The van der Waals surface area contributed by atoms with Crippen LogP contribution in [0.2, 0.25) is 0 Å². The zero-order chi connectivity index (χ0) is 41.6. The van der Waals surface area contributed by atoms with E-state index in [4.69, 9.17) is 9.97 Å². The number of allylic oxidation sites excluding steroid dienone is 2. The number of benzene rings is 6. The Morgan fingerprint density at radius 3 is 1.82 bits per heavy atom. The number of thiophene rings is 2. The van der Waals surface area contributed by atoms with Crippen molar-refractivity contribution in [1.82, 2.24) is 9.97 Å². The van der Waals surface area contributed by atoms with E-state index in [-0.39, 0.29) is 6.04 Å². The van der Waals surface area contributed by atoms with Crippen molar-refractivity contribution in [3.63, 3.8) is 0 Å². The van der Waals surface area contributed by atoms with E-state index < -0.39 is 0 Å². The van der Waals surface area contributed by atoms with E-state index in [1.807, 2.05) is 47.2 Å². The van der Waals surface area contributed by atoms with Gasteiger partial charge in [0.15, 0.2) is 0 Å². The summed E-state index contributed by atoms with van der Waals surface area (Å²) in [6.07, 6.45) is 9.80. The molecule has 6 heteroatoms. The molecule has 1 unspecified atom stereocenters. The summed E-state index contributed by atoms with van der Waals surface area (Å²) in [7, 11) is 0. The highest BCUT2D eigenvalue weighted by Crippen LogP contribution is 2.54. The largest absolute Gasteiger partial charge is 0.314 e. The van der Waals surface area contributed by atoms with Crippen molar-refractivity contribution in [2.45, 2.75) is 46.1 Å². The van der Waals surface area contributed by atoms with Gasteiger partial charge in [0.05, 0.1) is 32.5 Å². The van der Waals surface area contributed by atoms with E-state index in [9.17, 15) is 0 Å². The van der Waals surface area contributed by atoms with Crippen molar-refractivity contribution in [3.05, 3.63) is 186 Å². The number of hydrogen-bond acceptors (Lipinski definition) is 6. The minimum Gasteiger partial charge on any atom is -0.314 e. The van der Waals surface area contributed by atoms with Crippen LogP contribution in [0.1, 0.15) is 55.9 Å². The third-order valence-corrected chi connectivity index (χ3v) is 15.4. The SMILES string of the molecule is CC(C)C1=CC(N(c2ccccn2)c2cccc3c2sc2ccccc23)C2=CCc3c(C(C)C)cc(N(c4ccccn4)c4cccc5c4sc4ccccc45)c4ccc1c2c34. The molecule has 0 saturated heterocycles. The third kappa shape index (κ3) is 5.63. The summed E-state index contributed by atoms with van der Waals surface area (Å²) in [6, 6.07) is 51.0. The number of nitrogens with zero attached hydrogens (tertiary/aromatic N) is 4. The van der Waals surface area contributed by atoms with Crippen LogP contribution in [0.25, 0.3) is 62.3 Å². The van der Waals surface area contributed by atoms with Crippen molar-refractivity contribution in [2.75, 3.05) is 9.80 Å². The molecule has 62 heavy (non-hydrogen) atoms. The molecule has 4 nitrogen and oxygen atoms in total. The molecular weight excluding hydrogens is 793 g/mol. The fraction of sp³-hybridized carbons (Fsp3) is 0.143. The van der Waals surface area contributed by atoms with Gasteiger partial charge in [0.2, 0.25) is 0 Å². The number of aromatic nitrogens is 2. The predicted octanol–water partition coefficient (Wildman–Crippen LogP) is 16.2. The first-order chi connectivity index (χ1) is 30.4. The van der Waals surface area contributed by atoms with Gasteiger partial charge in [-0.15, -0.1) is 22.7 Å². The smallest absolute Gasteiger partial charge is 0.137 e. The summed E-state index contributed by atoms with van der Waals surface area (Å²) in [5, 5.41) is 7.76. The summed E-state index contributed by atoms with van der Waals surface area (Å²) >= 11 is 3.75. The minimum atomic E-state index is -0.0882. The second-order valence-electron chi connectivity index (χ2n) is 17.2. The Labute approximate surface area is 369 Å². The van der Waals surface area contributed by atoms with Gasteiger partial charge in [0.25, 0.3) is 0 Å². The van der Waals surface area contributed by atoms with Crippen LogP contribution in [0.3, 0.4) is 0 Å². The van der Waals surface area contributed by atoms with Crippen LogP contribution in [-0.2, 0) is 6.42 Å². The molecule has 0 saturated carbocycles. The third-order valence-electron chi connectivity index (χ3n) is 13.0. The van der Waals surface area contributed by atoms with Gasteiger partial charge in [-0.25, -0.2) is 9.97 Å². The minimum absolute atomic E-state index is 0.0882. The molecule has 12 rings (SSSR count). The molecule has 1 atom stereocenters. The first kappa shape index (κ1) is 37.2. The molecule has 10 aromatic rings. The van der Waals surface area contributed by atoms with E-state index in [1.54, 1.807) is 0 Å². The monoisotopic (exact) mass is 836 g/mol. The topological polar surface area (TPSA) is 32.3 Å². The van der Waals surface area contributed by atoms with Crippen LogP contribution >= 0.6 is 22.7 Å². The van der Waals surface area contributed by atoms with Crippen LogP contribution in [-0.4, -0.2) is 16.0 Å². The Bertz CT molecular complexity index is 3470. The van der Waals surface area contributed by atoms with Crippen LogP contribution in [0.5, 0.6) is 0 Å². The zero-order valence-corrected chi connectivity index (χ0v) is 36.8. The summed E-state index contributed by atoms with van der Waals surface area (Å²) < 4.78 is 5.14. The molecule has 0 amide bonds. The number of anilines is 5. The second-order valence-corrected chi connectivity index (χ2v) is 19.3. The van der Waals surface area contributed by atoms with Gasteiger partial charge >= 0.3 is 0 Å². The Morgan fingerprint density at radius 2 is 1.18 bits per heavy atom. The normalized spacial score (nSPS) is 14.7. The highest BCUT2D eigenvalue weighted by molar-refractivity contribution is 7.26. The van der Waals surface area contributed by atoms with Crippen LogP contribution in [0, 0.1) is 5.92 Å². The quantitative estimate of drug-likeness (QED) is 0.153. The molecule has 0 aliphatic heterocycles. The summed E-state index contributed by atoms with van der Waals surface area (Å²) in [4.78, 5) is 15.2. The summed E-state index contributed by atoms with van der Waals surface area (Å²) in [5.74, 6) is 2.45. The standard InChI is InChI=1S/C56H44N4S2/c1-33(2)43-31-47(59(51-23-9-11-29-57-51)45-19-13-17-39-35-15-5-7-21-49(35)61-55(39)45)41-28-26-38-44(34(3)4)32-48(42-27-25-37(43)53(41)54(38)42)60(52-24-10-12-30-58-52)46-20-14-18-40-36-16-6-8-22-50(36)62-56(40)46/h5-25,27-34,47H,26H2,1-4H3. The van der Waals surface area contributed by atoms with Crippen molar-refractivity contribution in [3.8, 4) is 0 Å². The van der Waals surface area contributed by atoms with E-state index in [2.05, 4.69) is 177 Å². The van der Waals surface area contributed by atoms with Crippen molar-refractivity contribution < 1.29 is 0 Å². The molecule has 0 radical (unpaired) electrons. The van der Waals surface area contributed by atoms with Gasteiger partial charge in [0.1, 0.15) is 11.6 Å². The maximum absolute atomic E-state index is 5.11. The maximum Gasteiger partial charge on any atom is 0.137 e. The molecule has 2 aliphatic rings. The van der Waals surface area contributed by atoms with Crippen molar-refractivity contribution in [1.29, 1.82) is 0 Å². The fourth-order valence-corrected chi connectivity index (χ4v) is 12.7. The van der Waals surface area contributed by atoms with Gasteiger partial charge in [-0.2, -0.15) is 0 Å². The first-order valence-electron chi connectivity index (χ1n) is 21.7. The molecule has 0 N–H and O–H groups in total. The molecule has 4 aromatic heterocycles. The van der Waals surface area contributed by atoms with Gasteiger partial charge < -0.3 is 4.90 Å². The lowest BCUT2D eigenvalue weighted by molar-refractivity contribution is 0.829. The van der Waals surface area contributed by atoms with Crippen LogP contribution in [0.15, 0.2) is 164 Å². The number of hydrogen-bond donors (Lipinski definition) is 0. The van der Waals surface area contributed by atoms with E-state index in [0.717, 1.165) is 29.4 Å². The average molecular weight is 837 g/mol. The molecule has 4 heterocycles. The predicted molar refractivity (Wildman–Crippen MR) is 267 cm³/mol. The van der Waals surface area contributed by atoms with Crippen molar-refractivity contribution >= 4 is 114 Å². The highest BCUT2D eigenvalue weighted by Gasteiger charge is 2.37. The first-order valence-corrected chi connectivity index (χ1v) is 23.3. The second kappa shape index (κ2) is 14.5. The van der Waals surface area contributed by atoms with Gasteiger partial charge in [-0.05, 0) is 112 Å². The summed E-state index contributed by atoms with van der Waals surface area (Å²) in [6.45, 7) is 9.40. The lowest BCUT2D eigenvalue weighted by Gasteiger charge is -2.40.